The summed E-state index contributed by atoms with van der Waals surface area (Å²) in [6.45, 7) is 4.83. The number of esters is 1. The van der Waals surface area contributed by atoms with E-state index in [2.05, 4.69) is 4.72 Å². The van der Waals surface area contributed by atoms with Gasteiger partial charge in [0.15, 0.2) is 0 Å². The van der Waals surface area contributed by atoms with Crippen LogP contribution in [-0.4, -0.2) is 44.9 Å². The number of rotatable bonds is 5. The van der Waals surface area contributed by atoms with Crippen LogP contribution < -0.4 is 4.72 Å². The van der Waals surface area contributed by atoms with E-state index in [1.165, 1.54) is 4.31 Å². The van der Waals surface area contributed by atoms with Crippen molar-refractivity contribution in [3.8, 4) is 0 Å². The van der Waals surface area contributed by atoms with Gasteiger partial charge in [0.1, 0.15) is 0 Å². The molecule has 0 unspecified atom stereocenters. The molecular formula is C10H20N2O4S. The molecule has 0 aromatic rings. The summed E-state index contributed by atoms with van der Waals surface area (Å²) in [4.78, 5) is 11.6. The summed E-state index contributed by atoms with van der Waals surface area (Å²) in [5.41, 5.74) is 0. The van der Waals surface area contributed by atoms with E-state index in [1.54, 1.807) is 13.8 Å². The molecule has 1 aliphatic heterocycles. The van der Waals surface area contributed by atoms with Crippen LogP contribution in [0.2, 0.25) is 0 Å². The SMILES string of the molecule is CCNS(=O)(=O)N1CCC[C@H](C(=O)OCC)C1. The number of hydrogen-bond donors (Lipinski definition) is 1. The number of hydrogen-bond acceptors (Lipinski definition) is 4. The minimum absolute atomic E-state index is 0.216. The number of piperidine rings is 1. The average Bonchev–Trinajstić information content (AvgIpc) is 2.29. The van der Waals surface area contributed by atoms with Crippen molar-refractivity contribution in [1.82, 2.24) is 9.03 Å². The number of nitrogens with one attached hydrogen (secondary N) is 1. The van der Waals surface area contributed by atoms with Crippen molar-refractivity contribution in [2.24, 2.45) is 5.92 Å². The van der Waals surface area contributed by atoms with Crippen LogP contribution >= 0.6 is 0 Å². The lowest BCUT2D eigenvalue weighted by molar-refractivity contribution is -0.149. The van der Waals surface area contributed by atoms with Crippen LogP contribution in [0.15, 0.2) is 0 Å². The number of nitrogens with zero attached hydrogens (tertiary/aromatic N) is 1. The first-order chi connectivity index (χ1) is 8.01. The molecule has 1 atom stereocenters. The fourth-order valence-corrected chi connectivity index (χ4v) is 3.18. The molecule has 17 heavy (non-hydrogen) atoms. The molecule has 1 fully saturated rings. The number of carbonyl (C=O) groups excluding carboxylic acids is 1. The summed E-state index contributed by atoms with van der Waals surface area (Å²) >= 11 is 0. The minimum atomic E-state index is -3.44. The normalized spacial score (nSPS) is 22.4. The molecule has 6 nitrogen and oxygen atoms in total. The van der Waals surface area contributed by atoms with Crippen molar-refractivity contribution in [2.45, 2.75) is 26.7 Å². The van der Waals surface area contributed by atoms with Gasteiger partial charge in [-0.25, -0.2) is 4.72 Å². The van der Waals surface area contributed by atoms with Gasteiger partial charge in [-0.2, -0.15) is 12.7 Å². The standard InChI is InChI=1S/C10H20N2O4S/c1-3-11-17(14,15)12-7-5-6-9(8-12)10(13)16-4-2/h9,11H,3-8H2,1-2H3/t9-/m0/s1. The van der Waals surface area contributed by atoms with Gasteiger partial charge in [-0.15, -0.1) is 0 Å². The Morgan fingerprint density at radius 2 is 2.18 bits per heavy atom. The summed E-state index contributed by atoms with van der Waals surface area (Å²) in [5, 5.41) is 0. The van der Waals surface area contributed by atoms with E-state index in [1.807, 2.05) is 0 Å². The molecule has 1 aliphatic rings. The zero-order valence-corrected chi connectivity index (χ0v) is 11.1. The van der Waals surface area contributed by atoms with Gasteiger partial charge < -0.3 is 4.74 Å². The Balaban J connectivity index is 2.63. The molecule has 0 aromatic carbocycles. The molecule has 1 heterocycles. The molecule has 7 heteroatoms. The number of carbonyl (C=O) groups is 1. The third-order valence-corrected chi connectivity index (χ3v) is 4.34. The van der Waals surface area contributed by atoms with Crippen LogP contribution in [0.5, 0.6) is 0 Å². The zero-order valence-electron chi connectivity index (χ0n) is 10.3. The smallest absolute Gasteiger partial charge is 0.310 e. The Morgan fingerprint density at radius 3 is 2.76 bits per heavy atom. The van der Waals surface area contributed by atoms with Crippen molar-refractivity contribution in [3.05, 3.63) is 0 Å². The van der Waals surface area contributed by atoms with Gasteiger partial charge in [0.05, 0.1) is 12.5 Å². The first kappa shape index (κ1) is 14.4. The lowest BCUT2D eigenvalue weighted by atomic mass is 10.0. The van der Waals surface area contributed by atoms with Gasteiger partial charge in [-0.1, -0.05) is 6.92 Å². The third kappa shape index (κ3) is 3.93. The van der Waals surface area contributed by atoms with Crippen LogP contribution in [0.1, 0.15) is 26.7 Å². The maximum atomic E-state index is 11.8. The third-order valence-electron chi connectivity index (χ3n) is 2.67. The van der Waals surface area contributed by atoms with Crippen molar-refractivity contribution >= 4 is 16.2 Å². The van der Waals surface area contributed by atoms with Gasteiger partial charge >= 0.3 is 5.97 Å². The molecule has 0 amide bonds. The molecular weight excluding hydrogens is 244 g/mol. The highest BCUT2D eigenvalue weighted by Crippen LogP contribution is 2.19. The van der Waals surface area contributed by atoms with Gasteiger partial charge in [0.25, 0.3) is 10.2 Å². The van der Waals surface area contributed by atoms with Crippen LogP contribution in [0.3, 0.4) is 0 Å². The van der Waals surface area contributed by atoms with E-state index in [0.29, 0.717) is 32.5 Å². The van der Waals surface area contributed by atoms with Gasteiger partial charge in [-0.05, 0) is 19.8 Å². The first-order valence-electron chi connectivity index (χ1n) is 5.92. The molecule has 1 N–H and O–H groups in total. The molecule has 100 valence electrons. The molecule has 1 saturated heterocycles. The zero-order chi connectivity index (χ0) is 12.9. The van der Waals surface area contributed by atoms with Gasteiger partial charge in [0, 0.05) is 19.6 Å². The van der Waals surface area contributed by atoms with Crippen molar-refractivity contribution in [1.29, 1.82) is 0 Å². The fourth-order valence-electron chi connectivity index (χ4n) is 1.89. The highest BCUT2D eigenvalue weighted by Gasteiger charge is 2.32. The Kier molecular flexibility index (Phi) is 5.35. The van der Waals surface area contributed by atoms with E-state index >= 15 is 0 Å². The fraction of sp³-hybridized carbons (Fsp3) is 0.900. The summed E-state index contributed by atoms with van der Waals surface area (Å²) in [5.74, 6) is -0.638. The summed E-state index contributed by atoms with van der Waals surface area (Å²) in [7, 11) is -3.44. The van der Waals surface area contributed by atoms with E-state index in [4.69, 9.17) is 4.74 Å². The lowest BCUT2D eigenvalue weighted by Gasteiger charge is -2.30. The molecule has 0 saturated carbocycles. The van der Waals surface area contributed by atoms with E-state index in [-0.39, 0.29) is 18.4 Å². The molecule has 0 aromatic heterocycles. The predicted molar refractivity (Wildman–Crippen MR) is 63.5 cm³/mol. The molecule has 0 bridgehead atoms. The van der Waals surface area contributed by atoms with Crippen LogP contribution in [0.4, 0.5) is 0 Å². The largest absolute Gasteiger partial charge is 0.466 e. The van der Waals surface area contributed by atoms with Crippen molar-refractivity contribution in [3.63, 3.8) is 0 Å². The van der Waals surface area contributed by atoms with Gasteiger partial charge in [-0.3, -0.25) is 4.79 Å². The monoisotopic (exact) mass is 264 g/mol. The van der Waals surface area contributed by atoms with Crippen LogP contribution in [0, 0.1) is 5.92 Å². The maximum absolute atomic E-state index is 11.8. The highest BCUT2D eigenvalue weighted by atomic mass is 32.2. The number of ether oxygens (including phenoxy) is 1. The molecule has 0 spiro atoms. The predicted octanol–water partition coefficient (Wildman–Crippen LogP) is 0.116. The Hall–Kier alpha value is -0.660. The second-order valence-corrected chi connectivity index (χ2v) is 5.71. The van der Waals surface area contributed by atoms with Crippen molar-refractivity contribution in [2.75, 3.05) is 26.2 Å². The second kappa shape index (κ2) is 6.32. The molecule has 0 radical (unpaired) electrons. The van der Waals surface area contributed by atoms with Gasteiger partial charge in [0.2, 0.25) is 0 Å². The Morgan fingerprint density at radius 1 is 1.47 bits per heavy atom. The first-order valence-corrected chi connectivity index (χ1v) is 7.36. The maximum Gasteiger partial charge on any atom is 0.310 e. The average molecular weight is 264 g/mol. The van der Waals surface area contributed by atoms with Crippen LogP contribution in [-0.2, 0) is 19.7 Å². The van der Waals surface area contributed by atoms with E-state index in [0.717, 1.165) is 0 Å². The van der Waals surface area contributed by atoms with E-state index < -0.39 is 10.2 Å². The summed E-state index contributed by atoms with van der Waals surface area (Å²) in [6.07, 6.45) is 1.38. The lowest BCUT2D eigenvalue weighted by Crippen LogP contribution is -2.47. The minimum Gasteiger partial charge on any atom is -0.466 e. The second-order valence-electron chi connectivity index (χ2n) is 3.95. The molecule has 1 rings (SSSR count). The quantitative estimate of drug-likeness (QED) is 0.715. The van der Waals surface area contributed by atoms with E-state index in [9.17, 15) is 13.2 Å². The van der Waals surface area contributed by atoms with Crippen LogP contribution in [0.25, 0.3) is 0 Å². The summed E-state index contributed by atoms with van der Waals surface area (Å²) < 4.78 is 32.2. The summed E-state index contributed by atoms with van der Waals surface area (Å²) in [6, 6.07) is 0. The Labute approximate surface area is 102 Å². The molecule has 0 aliphatic carbocycles. The highest BCUT2D eigenvalue weighted by molar-refractivity contribution is 7.87. The topological polar surface area (TPSA) is 75.7 Å². The Bertz CT molecular complexity index is 355. The van der Waals surface area contributed by atoms with Crippen molar-refractivity contribution < 1.29 is 17.9 Å².